The molecule has 6 nitrogen and oxygen atoms in total. The molecule has 0 spiro atoms. The number of aromatic nitrogens is 3. The zero-order chi connectivity index (χ0) is 22.6. The Hall–Kier alpha value is -3.25. The highest BCUT2D eigenvalue weighted by Gasteiger charge is 2.38. The van der Waals surface area contributed by atoms with Crippen molar-refractivity contribution in [1.82, 2.24) is 19.9 Å². The molecule has 1 aromatic heterocycles. The molecule has 0 radical (unpaired) electrons. The minimum Gasteiger partial charge on any atom is -0.374 e. The van der Waals surface area contributed by atoms with E-state index in [0.29, 0.717) is 23.4 Å². The summed E-state index contributed by atoms with van der Waals surface area (Å²) in [6.45, 7) is 4.84. The van der Waals surface area contributed by atoms with Crippen molar-refractivity contribution in [1.29, 1.82) is 0 Å². The van der Waals surface area contributed by atoms with E-state index in [1.807, 2.05) is 72.5 Å². The van der Waals surface area contributed by atoms with Gasteiger partial charge in [0.05, 0.1) is 6.20 Å². The van der Waals surface area contributed by atoms with Crippen molar-refractivity contribution in [2.24, 2.45) is 0 Å². The summed E-state index contributed by atoms with van der Waals surface area (Å²) in [6, 6.07) is 18.7. The lowest BCUT2D eigenvalue weighted by Crippen LogP contribution is -2.46. The van der Waals surface area contributed by atoms with E-state index in [-0.39, 0.29) is 12.1 Å². The van der Waals surface area contributed by atoms with E-state index in [4.69, 9.17) is 0 Å². The summed E-state index contributed by atoms with van der Waals surface area (Å²) >= 11 is 0. The Kier molecular flexibility index (Phi) is 6.51. The predicted molar refractivity (Wildman–Crippen MR) is 124 cm³/mol. The number of rotatable bonds is 5. The summed E-state index contributed by atoms with van der Waals surface area (Å²) in [5, 5.41) is 20.3. The van der Waals surface area contributed by atoms with Gasteiger partial charge in [-0.1, -0.05) is 77.5 Å². The van der Waals surface area contributed by atoms with Gasteiger partial charge in [0.15, 0.2) is 5.60 Å². The van der Waals surface area contributed by atoms with Crippen molar-refractivity contribution in [3.8, 4) is 0 Å². The van der Waals surface area contributed by atoms with Gasteiger partial charge in [0, 0.05) is 12.6 Å². The van der Waals surface area contributed by atoms with E-state index in [9.17, 15) is 9.90 Å². The first-order chi connectivity index (χ1) is 15.5. The number of hydrogen-bond donors (Lipinski definition) is 1. The number of benzene rings is 2. The number of carbonyl (C=O) groups excluding carboxylic acids is 1. The molecule has 3 aromatic rings. The fourth-order valence-electron chi connectivity index (χ4n) is 4.43. The van der Waals surface area contributed by atoms with Gasteiger partial charge in [0.1, 0.15) is 5.69 Å². The number of piperidine rings is 1. The third-order valence-electron chi connectivity index (χ3n) is 6.37. The van der Waals surface area contributed by atoms with Gasteiger partial charge >= 0.3 is 6.03 Å². The van der Waals surface area contributed by atoms with Gasteiger partial charge in [-0.25, -0.2) is 4.79 Å². The first kappa shape index (κ1) is 22.0. The molecule has 0 bridgehead atoms. The molecule has 2 heterocycles. The van der Waals surface area contributed by atoms with Crippen LogP contribution in [0.25, 0.3) is 0 Å². The molecule has 2 aromatic carbocycles. The molecule has 1 N–H and O–H groups in total. The Morgan fingerprint density at radius 2 is 1.72 bits per heavy atom. The molecule has 32 heavy (non-hydrogen) atoms. The molecule has 6 heteroatoms. The predicted octanol–water partition coefficient (Wildman–Crippen LogP) is 4.74. The molecule has 4 rings (SSSR count). The number of nitrogens with zero attached hydrogens (tertiary/aromatic N) is 4. The van der Waals surface area contributed by atoms with Crippen molar-refractivity contribution >= 4 is 6.03 Å². The fraction of sp³-hybridized carbons (Fsp3) is 0.346. The number of likely N-dealkylation sites (tertiary alicyclic amines) is 1. The van der Waals surface area contributed by atoms with Crippen LogP contribution in [0.2, 0.25) is 0 Å². The van der Waals surface area contributed by atoms with Crippen molar-refractivity contribution < 1.29 is 9.90 Å². The second kappa shape index (κ2) is 9.49. The third-order valence-corrected chi connectivity index (χ3v) is 6.37. The molecule has 166 valence electrons. The van der Waals surface area contributed by atoms with Crippen LogP contribution in [0.1, 0.15) is 56.4 Å². The summed E-state index contributed by atoms with van der Waals surface area (Å²) in [5.74, 6) is 0. The number of aliphatic hydroxyl groups is 1. The minimum absolute atomic E-state index is 0.155. The van der Waals surface area contributed by atoms with E-state index >= 15 is 0 Å². The lowest BCUT2D eigenvalue weighted by atomic mass is 9.84. The fourth-order valence-corrected chi connectivity index (χ4v) is 4.43. The SMILES string of the molecule is CC=C(C)CC1CCCCN1C(=O)n1cc(C(O)(c2ccccc2)c2ccccc2)nn1. The van der Waals surface area contributed by atoms with E-state index in [0.717, 1.165) is 25.7 Å². The normalized spacial score (nSPS) is 17.4. The van der Waals surface area contributed by atoms with Gasteiger partial charge in [-0.05, 0) is 50.7 Å². The van der Waals surface area contributed by atoms with E-state index in [1.54, 1.807) is 6.20 Å². The molecule has 1 atom stereocenters. The molecule has 1 fully saturated rings. The summed E-state index contributed by atoms with van der Waals surface area (Å²) in [7, 11) is 0. The first-order valence-electron chi connectivity index (χ1n) is 11.2. The molecule has 0 saturated carbocycles. The van der Waals surface area contributed by atoms with Gasteiger partial charge in [-0.2, -0.15) is 4.68 Å². The number of allylic oxidation sites excluding steroid dienone is 1. The Balaban J connectivity index is 1.68. The first-order valence-corrected chi connectivity index (χ1v) is 11.2. The summed E-state index contributed by atoms with van der Waals surface area (Å²) in [5.41, 5.74) is 1.43. The highest BCUT2D eigenvalue weighted by molar-refractivity contribution is 5.76. The average Bonchev–Trinajstić information content (AvgIpc) is 3.35. The quantitative estimate of drug-likeness (QED) is 0.594. The third kappa shape index (κ3) is 4.23. The maximum Gasteiger partial charge on any atom is 0.346 e. The molecule has 1 saturated heterocycles. The van der Waals surface area contributed by atoms with Gasteiger partial charge in [-0.3, -0.25) is 0 Å². The van der Waals surface area contributed by atoms with Gasteiger partial charge in [-0.15, -0.1) is 5.10 Å². The second-order valence-corrected chi connectivity index (χ2v) is 8.46. The Bertz CT molecular complexity index is 1040. The molecular formula is C26H30N4O2. The number of hydrogen-bond acceptors (Lipinski definition) is 4. The maximum absolute atomic E-state index is 13.4. The molecule has 1 amide bonds. The van der Waals surface area contributed by atoms with Crippen molar-refractivity contribution in [2.45, 2.75) is 51.2 Å². The van der Waals surface area contributed by atoms with Crippen LogP contribution >= 0.6 is 0 Å². The summed E-state index contributed by atoms with van der Waals surface area (Å²) in [4.78, 5) is 15.3. The molecule has 1 unspecified atom stereocenters. The van der Waals surface area contributed by atoms with Crippen molar-refractivity contribution in [3.05, 3.63) is 95.3 Å². The zero-order valence-corrected chi connectivity index (χ0v) is 18.7. The second-order valence-electron chi connectivity index (χ2n) is 8.46. The topological polar surface area (TPSA) is 71.2 Å². The molecule has 1 aliphatic heterocycles. The van der Waals surface area contributed by atoms with Gasteiger partial charge in [0.2, 0.25) is 0 Å². The van der Waals surface area contributed by atoms with Crippen LogP contribution < -0.4 is 0 Å². The van der Waals surface area contributed by atoms with Crippen LogP contribution in [0, 0.1) is 0 Å². The van der Waals surface area contributed by atoms with Crippen LogP contribution in [0.5, 0.6) is 0 Å². The minimum atomic E-state index is -1.51. The number of carbonyl (C=O) groups is 1. The van der Waals surface area contributed by atoms with E-state index in [1.165, 1.54) is 10.3 Å². The summed E-state index contributed by atoms with van der Waals surface area (Å²) in [6.07, 6.45) is 7.62. The van der Waals surface area contributed by atoms with Crippen LogP contribution in [0.4, 0.5) is 4.79 Å². The molecule has 1 aliphatic rings. The monoisotopic (exact) mass is 430 g/mol. The molecule has 0 aliphatic carbocycles. The van der Waals surface area contributed by atoms with Crippen LogP contribution in [-0.2, 0) is 5.60 Å². The maximum atomic E-state index is 13.4. The van der Waals surface area contributed by atoms with E-state index < -0.39 is 5.60 Å². The van der Waals surface area contributed by atoms with Crippen LogP contribution in [0.15, 0.2) is 78.5 Å². The highest BCUT2D eigenvalue weighted by atomic mass is 16.3. The highest BCUT2D eigenvalue weighted by Crippen LogP contribution is 2.35. The average molecular weight is 431 g/mol. The standard InChI is InChI=1S/C26H30N4O2/c1-3-20(2)18-23-16-10-11-17-29(23)25(31)30-19-24(27-28-30)26(32,21-12-6-4-7-13-21)22-14-8-5-9-15-22/h3-9,12-15,19,23,32H,10-11,16-18H2,1-2H3. The van der Waals surface area contributed by atoms with Crippen molar-refractivity contribution in [3.63, 3.8) is 0 Å². The van der Waals surface area contributed by atoms with Crippen LogP contribution in [-0.4, -0.2) is 43.6 Å². The van der Waals surface area contributed by atoms with Gasteiger partial charge < -0.3 is 10.0 Å². The smallest absolute Gasteiger partial charge is 0.346 e. The summed E-state index contributed by atoms with van der Waals surface area (Å²) < 4.78 is 1.27. The Labute approximate surface area is 189 Å². The van der Waals surface area contributed by atoms with Gasteiger partial charge in [0.25, 0.3) is 0 Å². The Morgan fingerprint density at radius 3 is 2.31 bits per heavy atom. The van der Waals surface area contributed by atoms with Crippen molar-refractivity contribution in [2.75, 3.05) is 6.54 Å². The molecular weight excluding hydrogens is 400 g/mol. The lowest BCUT2D eigenvalue weighted by molar-refractivity contribution is 0.120. The van der Waals surface area contributed by atoms with E-state index in [2.05, 4.69) is 23.3 Å². The van der Waals surface area contributed by atoms with Crippen LogP contribution in [0.3, 0.4) is 0 Å². The lowest BCUT2D eigenvalue weighted by Gasteiger charge is -2.35. The Morgan fingerprint density at radius 1 is 1.09 bits per heavy atom. The largest absolute Gasteiger partial charge is 0.374 e. The number of amides is 1. The zero-order valence-electron chi connectivity index (χ0n) is 18.7.